The normalized spacial score (nSPS) is 12.9. The molecule has 0 aliphatic heterocycles. The van der Waals surface area contributed by atoms with Gasteiger partial charge in [0.05, 0.1) is 12.7 Å². The maximum atomic E-state index is 12.2. The average Bonchev–Trinajstić information content (AvgIpc) is 2.33. The molecule has 0 saturated heterocycles. The van der Waals surface area contributed by atoms with E-state index in [9.17, 15) is 4.79 Å². The summed E-state index contributed by atoms with van der Waals surface area (Å²) in [6, 6.07) is 5.00. The lowest BCUT2D eigenvalue weighted by Gasteiger charge is -2.22. The van der Waals surface area contributed by atoms with Gasteiger partial charge in [0.25, 0.3) is 5.91 Å². The van der Waals surface area contributed by atoms with Crippen molar-refractivity contribution >= 4 is 33.4 Å². The summed E-state index contributed by atoms with van der Waals surface area (Å²) in [6.45, 7) is 7.07. The first-order valence-corrected chi connectivity index (χ1v) is 7.78. The van der Waals surface area contributed by atoms with E-state index in [1.54, 1.807) is 18.2 Å². The molecule has 3 nitrogen and oxygen atoms in total. The number of hydrogen-bond donors (Lipinski definition) is 1. The van der Waals surface area contributed by atoms with Crippen LogP contribution in [0.15, 0.2) is 18.2 Å². The van der Waals surface area contributed by atoms with Crippen LogP contribution in [0.2, 0.25) is 5.02 Å². The van der Waals surface area contributed by atoms with Crippen LogP contribution in [0, 0.1) is 5.41 Å². The summed E-state index contributed by atoms with van der Waals surface area (Å²) in [5.74, 6) is 0.344. The van der Waals surface area contributed by atoms with Gasteiger partial charge in [-0.3, -0.25) is 4.79 Å². The quantitative estimate of drug-likeness (QED) is 0.794. The summed E-state index contributed by atoms with van der Waals surface area (Å²) in [7, 11) is 1.53. The number of amides is 1. The topological polar surface area (TPSA) is 38.3 Å². The highest BCUT2D eigenvalue weighted by molar-refractivity contribution is 9.09. The molecule has 0 fully saturated rings. The van der Waals surface area contributed by atoms with Crippen molar-refractivity contribution in [2.24, 2.45) is 5.41 Å². The molecule has 1 amide bonds. The molecule has 112 valence electrons. The second-order valence-electron chi connectivity index (χ2n) is 5.92. The van der Waals surface area contributed by atoms with E-state index >= 15 is 0 Å². The molecule has 0 aliphatic carbocycles. The maximum absolute atomic E-state index is 12.2. The molecule has 0 bridgehead atoms. The Kier molecular flexibility index (Phi) is 6.34. The smallest absolute Gasteiger partial charge is 0.255 e. The summed E-state index contributed by atoms with van der Waals surface area (Å²) < 4.78 is 5.18. The Hall–Kier alpha value is -0.740. The fourth-order valence-corrected chi connectivity index (χ4v) is 3.20. The van der Waals surface area contributed by atoms with E-state index in [0.717, 1.165) is 6.42 Å². The third kappa shape index (κ3) is 5.71. The van der Waals surface area contributed by atoms with Gasteiger partial charge in [-0.15, -0.1) is 0 Å². The molecule has 1 atom stereocenters. The van der Waals surface area contributed by atoms with Crippen LogP contribution in [0.5, 0.6) is 5.75 Å². The number of alkyl halides is 1. The molecule has 0 saturated carbocycles. The summed E-state index contributed by atoms with van der Waals surface area (Å²) in [4.78, 5) is 12.4. The molecular weight excluding hydrogens is 342 g/mol. The molecule has 1 unspecified atom stereocenters. The molecule has 0 spiro atoms. The van der Waals surface area contributed by atoms with Gasteiger partial charge in [-0.05, 0) is 30.0 Å². The predicted octanol–water partition coefficient (Wildman–Crippen LogP) is 4.28. The van der Waals surface area contributed by atoms with Gasteiger partial charge in [-0.2, -0.15) is 0 Å². The van der Waals surface area contributed by atoms with Gasteiger partial charge < -0.3 is 10.1 Å². The van der Waals surface area contributed by atoms with Crippen molar-refractivity contribution < 1.29 is 9.53 Å². The second-order valence-corrected chi connectivity index (χ2v) is 7.65. The summed E-state index contributed by atoms with van der Waals surface area (Å²) in [6.07, 6.45) is 0.972. The second kappa shape index (κ2) is 7.32. The van der Waals surface area contributed by atoms with E-state index in [2.05, 4.69) is 42.0 Å². The number of ether oxygens (including phenoxy) is 1. The molecule has 0 heterocycles. The Bertz CT molecular complexity index is 471. The lowest BCUT2D eigenvalue weighted by atomic mass is 9.90. The Morgan fingerprint density at radius 3 is 2.65 bits per heavy atom. The van der Waals surface area contributed by atoms with Crippen LogP contribution in [0.25, 0.3) is 0 Å². The van der Waals surface area contributed by atoms with E-state index in [0.29, 0.717) is 22.9 Å². The molecular formula is C15H21BrClNO2. The Morgan fingerprint density at radius 1 is 1.45 bits per heavy atom. The van der Waals surface area contributed by atoms with Crippen molar-refractivity contribution in [2.75, 3.05) is 13.7 Å². The SMILES string of the molecule is COc1ccc(Cl)cc1C(=O)NCC(Br)CC(C)(C)C. The molecule has 1 aromatic carbocycles. The number of carbonyl (C=O) groups excluding carboxylic acids is 1. The van der Waals surface area contributed by atoms with Crippen LogP contribution in [-0.2, 0) is 0 Å². The number of rotatable bonds is 5. The van der Waals surface area contributed by atoms with Gasteiger partial charge in [0.1, 0.15) is 5.75 Å². The van der Waals surface area contributed by atoms with Gasteiger partial charge >= 0.3 is 0 Å². The number of halogens is 2. The van der Waals surface area contributed by atoms with Crippen molar-refractivity contribution in [3.05, 3.63) is 28.8 Å². The minimum atomic E-state index is -0.178. The lowest BCUT2D eigenvalue weighted by molar-refractivity contribution is 0.0949. The number of methoxy groups -OCH3 is 1. The predicted molar refractivity (Wildman–Crippen MR) is 87.1 cm³/mol. The van der Waals surface area contributed by atoms with Crippen LogP contribution in [0.1, 0.15) is 37.6 Å². The monoisotopic (exact) mass is 361 g/mol. The van der Waals surface area contributed by atoms with Gasteiger partial charge in [0.15, 0.2) is 0 Å². The number of nitrogens with one attached hydrogen (secondary N) is 1. The van der Waals surface area contributed by atoms with E-state index in [1.807, 2.05) is 0 Å². The van der Waals surface area contributed by atoms with Crippen LogP contribution in [0.4, 0.5) is 0 Å². The van der Waals surface area contributed by atoms with Crippen LogP contribution in [-0.4, -0.2) is 24.4 Å². The first kappa shape index (κ1) is 17.3. The summed E-state index contributed by atoms with van der Waals surface area (Å²) in [5, 5.41) is 3.41. The van der Waals surface area contributed by atoms with Gasteiger partial charge in [0.2, 0.25) is 0 Å². The van der Waals surface area contributed by atoms with E-state index in [1.165, 1.54) is 7.11 Å². The first-order chi connectivity index (χ1) is 9.23. The van der Waals surface area contributed by atoms with Gasteiger partial charge in [0, 0.05) is 16.4 Å². The zero-order valence-electron chi connectivity index (χ0n) is 12.3. The maximum Gasteiger partial charge on any atom is 0.255 e. The van der Waals surface area contributed by atoms with E-state index < -0.39 is 0 Å². The number of benzene rings is 1. The molecule has 1 rings (SSSR count). The van der Waals surface area contributed by atoms with Crippen LogP contribution >= 0.6 is 27.5 Å². The van der Waals surface area contributed by atoms with E-state index in [4.69, 9.17) is 16.3 Å². The van der Waals surface area contributed by atoms with Crippen molar-refractivity contribution in [1.29, 1.82) is 0 Å². The molecule has 0 radical (unpaired) electrons. The zero-order chi connectivity index (χ0) is 15.3. The van der Waals surface area contributed by atoms with Crippen LogP contribution < -0.4 is 10.1 Å². The van der Waals surface area contributed by atoms with Crippen molar-refractivity contribution in [3.8, 4) is 5.75 Å². The fourth-order valence-electron chi connectivity index (χ4n) is 1.89. The van der Waals surface area contributed by atoms with Crippen molar-refractivity contribution in [2.45, 2.75) is 32.0 Å². The van der Waals surface area contributed by atoms with Crippen molar-refractivity contribution in [1.82, 2.24) is 5.32 Å². The standard InChI is InChI=1S/C15H21BrClNO2/c1-15(2,3)8-10(16)9-18-14(19)12-7-11(17)5-6-13(12)20-4/h5-7,10H,8-9H2,1-4H3,(H,18,19). The van der Waals surface area contributed by atoms with Gasteiger partial charge in [-0.25, -0.2) is 0 Å². The molecule has 5 heteroatoms. The summed E-state index contributed by atoms with van der Waals surface area (Å²) in [5.41, 5.74) is 0.669. The minimum absolute atomic E-state index is 0.178. The number of carbonyl (C=O) groups is 1. The summed E-state index contributed by atoms with van der Waals surface area (Å²) >= 11 is 9.52. The Labute approximate surface area is 134 Å². The molecule has 0 aliphatic rings. The molecule has 0 aromatic heterocycles. The highest BCUT2D eigenvalue weighted by Crippen LogP contribution is 2.25. The lowest BCUT2D eigenvalue weighted by Crippen LogP contribution is -2.31. The van der Waals surface area contributed by atoms with Gasteiger partial charge in [-0.1, -0.05) is 48.3 Å². The highest BCUT2D eigenvalue weighted by Gasteiger charge is 2.18. The van der Waals surface area contributed by atoms with Crippen LogP contribution in [0.3, 0.4) is 0 Å². The largest absolute Gasteiger partial charge is 0.496 e. The minimum Gasteiger partial charge on any atom is -0.496 e. The van der Waals surface area contributed by atoms with E-state index in [-0.39, 0.29) is 16.1 Å². The fraction of sp³-hybridized carbons (Fsp3) is 0.533. The molecule has 20 heavy (non-hydrogen) atoms. The Morgan fingerprint density at radius 2 is 2.10 bits per heavy atom. The average molecular weight is 363 g/mol. The molecule has 1 N–H and O–H groups in total. The first-order valence-electron chi connectivity index (χ1n) is 6.49. The Balaban J connectivity index is 2.65. The van der Waals surface area contributed by atoms with Crippen molar-refractivity contribution in [3.63, 3.8) is 0 Å². The zero-order valence-corrected chi connectivity index (χ0v) is 14.6. The third-order valence-corrected chi connectivity index (χ3v) is 3.61. The number of hydrogen-bond acceptors (Lipinski definition) is 2. The molecule has 1 aromatic rings. The highest BCUT2D eigenvalue weighted by atomic mass is 79.9. The third-order valence-electron chi connectivity index (χ3n) is 2.72.